The minimum absolute atomic E-state index is 0.128. The molecule has 1 aliphatic heterocycles. The number of ether oxygens (including phenoxy) is 2. The highest BCUT2D eigenvalue weighted by Gasteiger charge is 2.35. The van der Waals surface area contributed by atoms with Crippen LogP contribution >= 0.6 is 0 Å². The van der Waals surface area contributed by atoms with E-state index in [1.165, 1.54) is 4.90 Å². The minimum Gasteiger partial charge on any atom is -0.463 e. The van der Waals surface area contributed by atoms with Gasteiger partial charge in [-0.05, 0) is 39.0 Å². The van der Waals surface area contributed by atoms with Gasteiger partial charge < -0.3 is 14.4 Å². The van der Waals surface area contributed by atoms with Crippen LogP contribution in [0.25, 0.3) is 0 Å². The molecule has 1 saturated heterocycles. The van der Waals surface area contributed by atoms with Crippen LogP contribution in [0, 0.1) is 5.41 Å². The maximum Gasteiger partial charge on any atom is 0.397 e. The first-order valence-corrected chi connectivity index (χ1v) is 8.09. The van der Waals surface area contributed by atoms with Gasteiger partial charge in [-0.15, -0.1) is 0 Å². The average molecular weight is 327 g/mol. The van der Waals surface area contributed by atoms with Crippen molar-refractivity contribution in [2.45, 2.75) is 72.4 Å². The number of nitrogens with zero attached hydrogens (tertiary/aromatic N) is 1. The summed E-state index contributed by atoms with van der Waals surface area (Å²) in [5, 5.41) is 0. The molecule has 0 aromatic heterocycles. The number of hydrogen-bond donors (Lipinski definition) is 0. The second-order valence-corrected chi connectivity index (χ2v) is 8.22. The zero-order valence-electron chi connectivity index (χ0n) is 15.1. The van der Waals surface area contributed by atoms with Gasteiger partial charge in [0.2, 0.25) is 0 Å². The molecule has 0 aromatic rings. The Hall–Kier alpha value is -1.59. The highest BCUT2D eigenvalue weighted by atomic mass is 16.6. The third-order valence-corrected chi connectivity index (χ3v) is 3.32. The molecule has 1 amide bonds. The van der Waals surface area contributed by atoms with Crippen LogP contribution in [0.4, 0.5) is 0 Å². The van der Waals surface area contributed by atoms with Crippen molar-refractivity contribution in [3.05, 3.63) is 0 Å². The Bertz CT molecular complexity index is 459. The zero-order valence-corrected chi connectivity index (χ0v) is 15.1. The Morgan fingerprint density at radius 3 is 2.22 bits per heavy atom. The Morgan fingerprint density at radius 1 is 1.09 bits per heavy atom. The summed E-state index contributed by atoms with van der Waals surface area (Å²) in [4.78, 5) is 37.4. The van der Waals surface area contributed by atoms with E-state index in [1.54, 1.807) is 20.8 Å². The lowest BCUT2D eigenvalue weighted by atomic mass is 9.92. The molecule has 1 fully saturated rings. The van der Waals surface area contributed by atoms with E-state index in [0.717, 1.165) is 12.8 Å². The van der Waals surface area contributed by atoms with Gasteiger partial charge in [0.05, 0.1) is 12.5 Å². The molecule has 1 heterocycles. The van der Waals surface area contributed by atoms with Gasteiger partial charge in [-0.25, -0.2) is 4.79 Å². The molecule has 0 bridgehead atoms. The normalized spacial score (nSPS) is 18.7. The number of carbonyl (C=O) groups excluding carboxylic acids is 3. The maximum absolute atomic E-state index is 12.2. The number of rotatable bonds is 3. The fraction of sp³-hybridized carbons (Fsp3) is 0.824. The number of esters is 2. The minimum atomic E-state index is -0.856. The summed E-state index contributed by atoms with van der Waals surface area (Å²) in [6.45, 7) is 11.6. The first-order valence-electron chi connectivity index (χ1n) is 8.09. The number of amides is 1. The average Bonchev–Trinajstić information content (AvgIpc) is 2.79. The Kier molecular flexibility index (Phi) is 6.19. The fourth-order valence-corrected chi connectivity index (χ4v) is 2.39. The van der Waals surface area contributed by atoms with Crippen LogP contribution in [0.2, 0.25) is 0 Å². The summed E-state index contributed by atoms with van der Waals surface area (Å²) in [6, 6.07) is -0.251. The van der Waals surface area contributed by atoms with Gasteiger partial charge in [0.1, 0.15) is 12.2 Å². The molecule has 0 N–H and O–H groups in total. The van der Waals surface area contributed by atoms with E-state index in [-0.39, 0.29) is 24.0 Å². The third kappa shape index (κ3) is 7.01. The van der Waals surface area contributed by atoms with Crippen LogP contribution in [0.5, 0.6) is 0 Å². The Morgan fingerprint density at radius 2 is 1.70 bits per heavy atom. The Labute approximate surface area is 138 Å². The van der Waals surface area contributed by atoms with Crippen LogP contribution in [0.3, 0.4) is 0 Å². The third-order valence-electron chi connectivity index (χ3n) is 3.32. The molecule has 0 saturated carbocycles. The first-order chi connectivity index (χ1) is 10.4. The summed E-state index contributed by atoms with van der Waals surface area (Å²) in [6.07, 6.45) is 1.83. The quantitative estimate of drug-likeness (QED) is 0.587. The summed E-state index contributed by atoms with van der Waals surface area (Å²) in [5.41, 5.74) is -0.847. The maximum atomic E-state index is 12.2. The van der Waals surface area contributed by atoms with E-state index in [0.29, 0.717) is 13.0 Å². The van der Waals surface area contributed by atoms with Gasteiger partial charge in [0.15, 0.2) is 0 Å². The van der Waals surface area contributed by atoms with Crippen molar-refractivity contribution in [2.24, 2.45) is 5.41 Å². The highest BCUT2D eigenvalue weighted by molar-refractivity contribution is 6.32. The second kappa shape index (κ2) is 7.32. The molecule has 1 atom stereocenters. The van der Waals surface area contributed by atoms with Crippen LogP contribution in [-0.4, -0.2) is 47.5 Å². The van der Waals surface area contributed by atoms with Crippen LogP contribution < -0.4 is 0 Å². The standard InChI is InChI=1S/C17H29NO5/c1-16(2,3)10-13(19)22-11-12-8-7-9-18(12)14(20)15(21)23-17(4,5)6/h12H,7-11H2,1-6H3. The molecule has 0 radical (unpaired) electrons. The van der Waals surface area contributed by atoms with Crippen molar-refractivity contribution in [2.75, 3.05) is 13.2 Å². The highest BCUT2D eigenvalue weighted by Crippen LogP contribution is 2.22. The second-order valence-electron chi connectivity index (χ2n) is 8.22. The molecule has 0 aliphatic carbocycles. The van der Waals surface area contributed by atoms with E-state index in [2.05, 4.69) is 0 Å². The van der Waals surface area contributed by atoms with Gasteiger partial charge in [-0.3, -0.25) is 9.59 Å². The molecule has 6 nitrogen and oxygen atoms in total. The van der Waals surface area contributed by atoms with Gasteiger partial charge in [0.25, 0.3) is 0 Å². The molecule has 0 spiro atoms. The van der Waals surface area contributed by atoms with Gasteiger partial charge in [0, 0.05) is 6.54 Å². The predicted octanol–water partition coefficient (Wildman–Crippen LogP) is 2.30. The molecule has 0 aromatic carbocycles. The lowest BCUT2D eigenvalue weighted by Crippen LogP contribution is -2.44. The summed E-state index contributed by atoms with van der Waals surface area (Å²) in [5.74, 6) is -1.80. The zero-order chi connectivity index (χ0) is 17.8. The smallest absolute Gasteiger partial charge is 0.397 e. The monoisotopic (exact) mass is 327 g/mol. The lowest BCUT2D eigenvalue weighted by Gasteiger charge is -2.26. The van der Waals surface area contributed by atoms with E-state index >= 15 is 0 Å². The van der Waals surface area contributed by atoms with Crippen molar-refractivity contribution in [1.29, 1.82) is 0 Å². The summed E-state index contributed by atoms with van der Waals surface area (Å²) in [7, 11) is 0. The number of likely N-dealkylation sites (tertiary alicyclic amines) is 1. The van der Waals surface area contributed by atoms with Crippen molar-refractivity contribution in [3.8, 4) is 0 Å². The molecule has 1 rings (SSSR count). The number of carbonyl (C=O) groups is 3. The van der Waals surface area contributed by atoms with Crippen molar-refractivity contribution in [1.82, 2.24) is 4.90 Å². The number of hydrogen-bond acceptors (Lipinski definition) is 5. The van der Waals surface area contributed by atoms with Crippen LogP contribution in [0.15, 0.2) is 0 Å². The SMILES string of the molecule is CC(C)(C)CC(=O)OCC1CCCN1C(=O)C(=O)OC(C)(C)C. The molecule has 23 heavy (non-hydrogen) atoms. The molecule has 1 aliphatic rings. The van der Waals surface area contributed by atoms with Crippen LogP contribution in [-0.2, 0) is 23.9 Å². The lowest BCUT2D eigenvalue weighted by molar-refractivity contribution is -0.169. The van der Waals surface area contributed by atoms with E-state index < -0.39 is 17.5 Å². The summed E-state index contributed by atoms with van der Waals surface area (Å²) < 4.78 is 10.4. The van der Waals surface area contributed by atoms with Crippen molar-refractivity contribution in [3.63, 3.8) is 0 Å². The largest absolute Gasteiger partial charge is 0.463 e. The molecular weight excluding hydrogens is 298 g/mol. The van der Waals surface area contributed by atoms with Gasteiger partial charge in [-0.1, -0.05) is 20.8 Å². The van der Waals surface area contributed by atoms with E-state index in [1.807, 2.05) is 20.8 Å². The van der Waals surface area contributed by atoms with Gasteiger partial charge in [-0.2, -0.15) is 0 Å². The predicted molar refractivity (Wildman–Crippen MR) is 85.6 cm³/mol. The molecule has 132 valence electrons. The topological polar surface area (TPSA) is 72.9 Å². The molecule has 6 heteroatoms. The Balaban J connectivity index is 2.55. The van der Waals surface area contributed by atoms with Crippen molar-refractivity contribution >= 4 is 17.8 Å². The molecule has 1 unspecified atom stereocenters. The van der Waals surface area contributed by atoms with Gasteiger partial charge >= 0.3 is 17.8 Å². The first kappa shape index (κ1) is 19.5. The fourth-order valence-electron chi connectivity index (χ4n) is 2.39. The van der Waals surface area contributed by atoms with E-state index in [4.69, 9.17) is 9.47 Å². The van der Waals surface area contributed by atoms with Crippen molar-refractivity contribution < 1.29 is 23.9 Å². The van der Waals surface area contributed by atoms with Crippen LogP contribution in [0.1, 0.15) is 60.8 Å². The molecular formula is C17H29NO5. The summed E-state index contributed by atoms with van der Waals surface area (Å²) >= 11 is 0. The van der Waals surface area contributed by atoms with E-state index in [9.17, 15) is 14.4 Å².